The fourth-order valence-corrected chi connectivity index (χ4v) is 1.79. The third kappa shape index (κ3) is 7.39. The van der Waals surface area contributed by atoms with Crippen molar-refractivity contribution in [2.45, 2.75) is 6.42 Å². The van der Waals surface area contributed by atoms with Crippen LogP contribution >= 0.6 is 24.0 Å². The van der Waals surface area contributed by atoms with E-state index in [1.54, 1.807) is 25.3 Å². The predicted molar refractivity (Wildman–Crippen MR) is 97.8 cm³/mol. The Labute approximate surface area is 147 Å². The van der Waals surface area contributed by atoms with Crippen LogP contribution in [0.4, 0.5) is 4.39 Å². The van der Waals surface area contributed by atoms with E-state index in [0.717, 1.165) is 5.56 Å². The quantitative estimate of drug-likeness (QED) is 0.270. The van der Waals surface area contributed by atoms with Crippen molar-refractivity contribution in [2.75, 3.05) is 20.1 Å². The maximum absolute atomic E-state index is 12.9. The molecule has 0 heterocycles. The number of halogens is 2. The number of rotatable bonds is 7. The highest BCUT2D eigenvalue weighted by molar-refractivity contribution is 14.0. The summed E-state index contributed by atoms with van der Waals surface area (Å²) in [5.74, 6) is -0.550. The number of amides is 1. The molecule has 0 aliphatic heterocycles. The van der Waals surface area contributed by atoms with Crippen molar-refractivity contribution in [1.82, 2.24) is 10.6 Å². The number of hydrogen-bond donors (Lipinski definition) is 3. The number of nitrogens with zero attached hydrogens (tertiary/aromatic N) is 1. The lowest BCUT2D eigenvalue weighted by atomic mass is 9.98. The van der Waals surface area contributed by atoms with Gasteiger partial charge in [0, 0.05) is 20.1 Å². The third-order valence-corrected chi connectivity index (χ3v) is 2.95. The summed E-state index contributed by atoms with van der Waals surface area (Å²) in [7, 11) is 1.64. The lowest BCUT2D eigenvalue weighted by Crippen LogP contribution is -2.43. The van der Waals surface area contributed by atoms with Gasteiger partial charge in [-0.1, -0.05) is 18.2 Å². The second-order valence-corrected chi connectivity index (χ2v) is 4.55. The zero-order valence-corrected chi connectivity index (χ0v) is 14.8. The molecule has 4 N–H and O–H groups in total. The first-order valence-corrected chi connectivity index (χ1v) is 6.66. The van der Waals surface area contributed by atoms with Crippen LogP contribution in [-0.2, 0) is 11.2 Å². The Kier molecular flexibility index (Phi) is 10.2. The molecule has 0 saturated heterocycles. The van der Waals surface area contributed by atoms with Crippen molar-refractivity contribution in [3.05, 3.63) is 48.3 Å². The third-order valence-electron chi connectivity index (χ3n) is 2.95. The molecule has 1 rings (SSSR count). The van der Waals surface area contributed by atoms with E-state index in [1.807, 2.05) is 0 Å². The zero-order chi connectivity index (χ0) is 15.7. The molecular weight excluding hydrogens is 398 g/mol. The molecule has 7 heteroatoms. The number of primary amides is 1. The highest BCUT2D eigenvalue weighted by atomic mass is 127. The molecular formula is C15H22FIN4O. The van der Waals surface area contributed by atoms with Gasteiger partial charge in [0.1, 0.15) is 5.82 Å². The molecule has 1 aromatic carbocycles. The molecule has 1 atom stereocenters. The Hall–Kier alpha value is -1.64. The second-order valence-electron chi connectivity index (χ2n) is 4.55. The molecule has 0 aliphatic carbocycles. The summed E-state index contributed by atoms with van der Waals surface area (Å²) in [4.78, 5) is 15.5. The van der Waals surface area contributed by atoms with Gasteiger partial charge in [-0.25, -0.2) is 4.39 Å². The number of hydrogen-bond acceptors (Lipinski definition) is 2. The summed E-state index contributed by atoms with van der Waals surface area (Å²) in [5, 5.41) is 6.04. The molecule has 1 amide bonds. The first-order chi connectivity index (χ1) is 10.1. The molecule has 5 nitrogen and oxygen atoms in total. The van der Waals surface area contributed by atoms with Crippen LogP contribution in [0.15, 0.2) is 41.9 Å². The average molecular weight is 420 g/mol. The topological polar surface area (TPSA) is 79.5 Å². The molecule has 0 spiro atoms. The number of guanidine groups is 1. The van der Waals surface area contributed by atoms with Gasteiger partial charge in [-0.2, -0.15) is 0 Å². The van der Waals surface area contributed by atoms with Crippen molar-refractivity contribution in [2.24, 2.45) is 16.6 Å². The monoisotopic (exact) mass is 420 g/mol. The lowest BCUT2D eigenvalue weighted by molar-refractivity contribution is -0.121. The summed E-state index contributed by atoms with van der Waals surface area (Å²) in [6, 6.07) is 6.03. The van der Waals surface area contributed by atoms with Crippen molar-refractivity contribution in [1.29, 1.82) is 0 Å². The summed E-state index contributed by atoms with van der Waals surface area (Å²) >= 11 is 0. The SMILES string of the molecule is C=CCNC(=NC)NCC(Cc1ccc(F)cc1)C(N)=O.I. The van der Waals surface area contributed by atoms with Gasteiger partial charge in [-0.05, 0) is 24.1 Å². The number of carbonyl (C=O) groups excluding carboxylic acids is 1. The van der Waals surface area contributed by atoms with Crippen LogP contribution in [0.25, 0.3) is 0 Å². The normalized spacial score (nSPS) is 12.0. The van der Waals surface area contributed by atoms with Gasteiger partial charge in [-0.3, -0.25) is 9.79 Å². The Bertz CT molecular complexity index is 505. The zero-order valence-electron chi connectivity index (χ0n) is 12.5. The van der Waals surface area contributed by atoms with Crippen molar-refractivity contribution < 1.29 is 9.18 Å². The predicted octanol–water partition coefficient (Wildman–Crippen LogP) is 1.44. The van der Waals surface area contributed by atoms with Crippen LogP contribution in [0.2, 0.25) is 0 Å². The van der Waals surface area contributed by atoms with Crippen LogP contribution < -0.4 is 16.4 Å². The maximum Gasteiger partial charge on any atom is 0.222 e. The van der Waals surface area contributed by atoms with Crippen molar-refractivity contribution >= 4 is 35.8 Å². The number of carbonyl (C=O) groups is 1. The Morgan fingerprint density at radius 2 is 2.05 bits per heavy atom. The summed E-state index contributed by atoms with van der Waals surface area (Å²) < 4.78 is 12.9. The summed E-state index contributed by atoms with van der Waals surface area (Å²) in [5.41, 5.74) is 6.27. The van der Waals surface area contributed by atoms with E-state index in [9.17, 15) is 9.18 Å². The number of nitrogens with one attached hydrogen (secondary N) is 2. The standard InChI is InChI=1S/C15H21FN4O.HI/c1-3-8-19-15(18-2)20-10-12(14(17)21)9-11-4-6-13(16)7-5-11;/h3-7,12H,1,8-10H2,2H3,(H2,17,21)(H2,18,19,20);1H. The molecule has 1 aromatic rings. The molecule has 0 radical (unpaired) electrons. The van der Waals surface area contributed by atoms with Gasteiger partial charge in [-0.15, -0.1) is 30.6 Å². The fraction of sp³-hybridized carbons (Fsp3) is 0.333. The van der Waals surface area contributed by atoms with Gasteiger partial charge in [0.2, 0.25) is 5.91 Å². The minimum Gasteiger partial charge on any atom is -0.369 e. The van der Waals surface area contributed by atoms with E-state index >= 15 is 0 Å². The Balaban J connectivity index is 0.00000441. The highest BCUT2D eigenvalue weighted by Gasteiger charge is 2.16. The van der Waals surface area contributed by atoms with Crippen LogP contribution in [0.5, 0.6) is 0 Å². The minimum absolute atomic E-state index is 0. The number of aliphatic imine (C=N–C) groups is 1. The minimum atomic E-state index is -0.411. The van der Waals surface area contributed by atoms with Gasteiger partial charge in [0.15, 0.2) is 5.96 Å². The summed E-state index contributed by atoms with van der Waals surface area (Å²) in [6.45, 7) is 4.52. The number of nitrogens with two attached hydrogens (primary N) is 1. The van der Waals surface area contributed by atoms with Gasteiger partial charge in [0.05, 0.1) is 5.92 Å². The van der Waals surface area contributed by atoms with E-state index in [1.165, 1.54) is 12.1 Å². The van der Waals surface area contributed by atoms with Crippen LogP contribution in [0.1, 0.15) is 5.56 Å². The van der Waals surface area contributed by atoms with Crippen molar-refractivity contribution in [3.63, 3.8) is 0 Å². The Morgan fingerprint density at radius 3 is 2.55 bits per heavy atom. The first kappa shape index (κ1) is 20.4. The van der Waals surface area contributed by atoms with Gasteiger partial charge < -0.3 is 16.4 Å². The van der Waals surface area contributed by atoms with Crippen LogP contribution in [0.3, 0.4) is 0 Å². The molecule has 1 unspecified atom stereocenters. The molecule has 0 aliphatic rings. The molecule has 0 saturated carbocycles. The van der Waals surface area contributed by atoms with E-state index < -0.39 is 11.8 Å². The lowest BCUT2D eigenvalue weighted by Gasteiger charge is -2.16. The highest BCUT2D eigenvalue weighted by Crippen LogP contribution is 2.09. The van der Waals surface area contributed by atoms with Crippen molar-refractivity contribution in [3.8, 4) is 0 Å². The Morgan fingerprint density at radius 1 is 1.41 bits per heavy atom. The molecule has 0 aromatic heterocycles. The largest absolute Gasteiger partial charge is 0.369 e. The first-order valence-electron chi connectivity index (χ1n) is 6.66. The maximum atomic E-state index is 12.9. The smallest absolute Gasteiger partial charge is 0.222 e. The number of benzene rings is 1. The van der Waals surface area contributed by atoms with E-state index in [4.69, 9.17) is 5.73 Å². The fourth-order valence-electron chi connectivity index (χ4n) is 1.79. The average Bonchev–Trinajstić information content (AvgIpc) is 2.47. The van der Waals surface area contributed by atoms with E-state index in [2.05, 4.69) is 22.2 Å². The van der Waals surface area contributed by atoms with E-state index in [-0.39, 0.29) is 29.8 Å². The van der Waals surface area contributed by atoms with Crippen LogP contribution in [-0.4, -0.2) is 32.0 Å². The van der Waals surface area contributed by atoms with Gasteiger partial charge >= 0.3 is 0 Å². The second kappa shape index (κ2) is 11.0. The van der Waals surface area contributed by atoms with Gasteiger partial charge in [0.25, 0.3) is 0 Å². The molecule has 0 fully saturated rings. The van der Waals surface area contributed by atoms with E-state index in [0.29, 0.717) is 25.5 Å². The van der Waals surface area contributed by atoms with Crippen LogP contribution in [0, 0.1) is 11.7 Å². The summed E-state index contributed by atoms with van der Waals surface area (Å²) in [6.07, 6.45) is 2.15. The molecule has 0 bridgehead atoms. The molecule has 122 valence electrons. The molecule has 22 heavy (non-hydrogen) atoms.